The van der Waals surface area contributed by atoms with Gasteiger partial charge in [0.2, 0.25) is 11.8 Å². The summed E-state index contributed by atoms with van der Waals surface area (Å²) in [6, 6.07) is 12.1. The van der Waals surface area contributed by atoms with E-state index in [0.29, 0.717) is 16.9 Å². The predicted octanol–water partition coefficient (Wildman–Crippen LogP) is 3.53. The number of nitrogens with zero attached hydrogens (tertiary/aromatic N) is 1. The fourth-order valence-corrected chi connectivity index (χ4v) is 2.38. The molecule has 7 heteroatoms. The van der Waals surface area contributed by atoms with Crippen LogP contribution < -0.4 is 16.0 Å². The van der Waals surface area contributed by atoms with Crippen LogP contribution in [-0.2, 0) is 9.59 Å². The molecule has 0 heterocycles. The number of carbonyl (C=O) groups excluding carboxylic acids is 2. The van der Waals surface area contributed by atoms with Crippen LogP contribution in [0, 0.1) is 18.3 Å². The molecule has 0 aliphatic carbocycles. The van der Waals surface area contributed by atoms with Crippen LogP contribution in [-0.4, -0.2) is 18.4 Å². The van der Waals surface area contributed by atoms with Crippen molar-refractivity contribution >= 4 is 40.5 Å². The van der Waals surface area contributed by atoms with Gasteiger partial charge in [-0.3, -0.25) is 9.59 Å². The van der Waals surface area contributed by atoms with Crippen molar-refractivity contribution in [2.24, 2.45) is 0 Å². The summed E-state index contributed by atoms with van der Waals surface area (Å²) < 4.78 is 0. The summed E-state index contributed by atoms with van der Waals surface area (Å²) in [5.74, 6) is -0.421. The van der Waals surface area contributed by atoms with Crippen LogP contribution in [0.15, 0.2) is 36.4 Å². The highest BCUT2D eigenvalue weighted by Crippen LogP contribution is 2.21. The average Bonchev–Trinajstić information content (AvgIpc) is 2.55. The lowest BCUT2D eigenvalue weighted by Gasteiger charge is -2.12. The first kappa shape index (κ1) is 18.3. The summed E-state index contributed by atoms with van der Waals surface area (Å²) >= 11 is 5.94. The molecular formula is C18H17ClN4O2. The maximum Gasteiger partial charge on any atom is 0.243 e. The molecule has 2 amide bonds. The highest BCUT2D eigenvalue weighted by atomic mass is 35.5. The molecule has 0 bridgehead atoms. The van der Waals surface area contributed by atoms with Crippen molar-refractivity contribution in [2.75, 3.05) is 22.5 Å². The third kappa shape index (κ3) is 5.23. The van der Waals surface area contributed by atoms with Crippen molar-refractivity contribution in [3.8, 4) is 6.07 Å². The molecule has 0 radical (unpaired) electrons. The van der Waals surface area contributed by atoms with Gasteiger partial charge in [0.1, 0.15) is 6.07 Å². The van der Waals surface area contributed by atoms with Crippen LogP contribution in [0.5, 0.6) is 0 Å². The van der Waals surface area contributed by atoms with Crippen molar-refractivity contribution < 1.29 is 9.59 Å². The SMILES string of the molecule is CC(=O)Nc1ccc(C)c(NCC(=O)Nc2ccc(C#N)c(Cl)c2)c1. The first-order chi connectivity index (χ1) is 11.9. The zero-order valence-electron chi connectivity index (χ0n) is 13.8. The van der Waals surface area contributed by atoms with E-state index in [1.54, 1.807) is 24.3 Å². The van der Waals surface area contributed by atoms with Crippen LogP contribution in [0.3, 0.4) is 0 Å². The van der Waals surface area contributed by atoms with Gasteiger partial charge in [0.05, 0.1) is 17.1 Å². The number of amides is 2. The zero-order chi connectivity index (χ0) is 18.4. The van der Waals surface area contributed by atoms with Gasteiger partial charge in [-0.15, -0.1) is 0 Å². The second-order valence-electron chi connectivity index (χ2n) is 5.42. The average molecular weight is 357 g/mol. The predicted molar refractivity (Wildman–Crippen MR) is 98.8 cm³/mol. The summed E-state index contributed by atoms with van der Waals surface area (Å²) in [4.78, 5) is 23.2. The van der Waals surface area contributed by atoms with Gasteiger partial charge in [-0.2, -0.15) is 5.26 Å². The third-order valence-corrected chi connectivity index (χ3v) is 3.68. The van der Waals surface area contributed by atoms with E-state index in [1.807, 2.05) is 19.1 Å². The van der Waals surface area contributed by atoms with Crippen molar-refractivity contribution in [1.82, 2.24) is 0 Å². The fraction of sp³-hybridized carbons (Fsp3) is 0.167. The monoisotopic (exact) mass is 356 g/mol. The van der Waals surface area contributed by atoms with E-state index < -0.39 is 0 Å². The summed E-state index contributed by atoms with van der Waals surface area (Å²) in [6.45, 7) is 3.38. The Labute approximate surface area is 150 Å². The maximum atomic E-state index is 12.1. The first-order valence-electron chi connectivity index (χ1n) is 7.50. The number of carbonyl (C=O) groups is 2. The van der Waals surface area contributed by atoms with Crippen LogP contribution in [0.1, 0.15) is 18.1 Å². The maximum absolute atomic E-state index is 12.1. The highest BCUT2D eigenvalue weighted by Gasteiger charge is 2.07. The molecule has 2 aromatic carbocycles. The van der Waals surface area contributed by atoms with Gasteiger partial charge in [-0.05, 0) is 42.8 Å². The Morgan fingerprint density at radius 2 is 1.80 bits per heavy atom. The molecule has 2 aromatic rings. The summed E-state index contributed by atoms with van der Waals surface area (Å²) in [5, 5.41) is 17.6. The molecule has 3 N–H and O–H groups in total. The summed E-state index contributed by atoms with van der Waals surface area (Å²) in [7, 11) is 0. The standard InChI is InChI=1S/C18H17ClN4O2/c1-11-3-5-15(22-12(2)24)8-17(11)21-10-18(25)23-14-6-4-13(9-20)16(19)7-14/h3-8,21H,10H2,1-2H3,(H,22,24)(H,23,25). The fourth-order valence-electron chi connectivity index (χ4n) is 2.16. The van der Waals surface area contributed by atoms with Crippen LogP contribution in [0.25, 0.3) is 0 Å². The summed E-state index contributed by atoms with van der Waals surface area (Å²) in [6.07, 6.45) is 0. The zero-order valence-corrected chi connectivity index (χ0v) is 14.6. The number of aryl methyl sites for hydroxylation is 1. The number of halogens is 1. The second-order valence-corrected chi connectivity index (χ2v) is 5.83. The van der Waals surface area contributed by atoms with Crippen LogP contribution >= 0.6 is 11.6 Å². The lowest BCUT2D eigenvalue weighted by atomic mass is 10.1. The Morgan fingerprint density at radius 1 is 1.12 bits per heavy atom. The van der Waals surface area contributed by atoms with Gasteiger partial charge in [0.15, 0.2) is 0 Å². The van der Waals surface area contributed by atoms with E-state index in [9.17, 15) is 9.59 Å². The Kier molecular flexibility index (Phi) is 5.98. The van der Waals surface area contributed by atoms with Gasteiger partial charge in [0.25, 0.3) is 0 Å². The molecule has 2 rings (SSSR count). The third-order valence-electron chi connectivity index (χ3n) is 3.37. The molecule has 0 aliphatic heterocycles. The van der Waals surface area contributed by atoms with E-state index in [1.165, 1.54) is 13.0 Å². The number of hydrogen-bond acceptors (Lipinski definition) is 4. The summed E-state index contributed by atoms with van der Waals surface area (Å²) in [5.41, 5.74) is 3.21. The molecule has 128 valence electrons. The lowest BCUT2D eigenvalue weighted by molar-refractivity contribution is -0.115. The quantitative estimate of drug-likeness (QED) is 0.763. The van der Waals surface area contributed by atoms with E-state index in [2.05, 4.69) is 16.0 Å². The normalized spacial score (nSPS) is 9.84. The van der Waals surface area contributed by atoms with Crippen molar-refractivity contribution in [1.29, 1.82) is 5.26 Å². The van der Waals surface area contributed by atoms with Crippen LogP contribution in [0.4, 0.5) is 17.1 Å². The topological polar surface area (TPSA) is 94.0 Å². The lowest BCUT2D eigenvalue weighted by Crippen LogP contribution is -2.22. The molecule has 6 nitrogen and oxygen atoms in total. The largest absolute Gasteiger partial charge is 0.376 e. The molecule has 0 fully saturated rings. The molecule has 0 saturated carbocycles. The molecule has 0 aliphatic rings. The minimum Gasteiger partial charge on any atom is -0.376 e. The number of nitriles is 1. The van der Waals surface area contributed by atoms with Gasteiger partial charge in [0, 0.05) is 24.0 Å². The van der Waals surface area contributed by atoms with Crippen molar-refractivity contribution in [3.63, 3.8) is 0 Å². The Morgan fingerprint density at radius 3 is 2.44 bits per heavy atom. The van der Waals surface area contributed by atoms with Crippen molar-refractivity contribution in [2.45, 2.75) is 13.8 Å². The van der Waals surface area contributed by atoms with E-state index >= 15 is 0 Å². The molecular weight excluding hydrogens is 340 g/mol. The smallest absolute Gasteiger partial charge is 0.243 e. The molecule has 0 aromatic heterocycles. The van der Waals surface area contributed by atoms with E-state index in [0.717, 1.165) is 11.3 Å². The molecule has 0 saturated heterocycles. The van der Waals surface area contributed by atoms with Gasteiger partial charge < -0.3 is 16.0 Å². The highest BCUT2D eigenvalue weighted by molar-refractivity contribution is 6.32. The molecule has 0 atom stereocenters. The van der Waals surface area contributed by atoms with Gasteiger partial charge >= 0.3 is 0 Å². The number of anilines is 3. The first-order valence-corrected chi connectivity index (χ1v) is 7.88. The van der Waals surface area contributed by atoms with Crippen LogP contribution in [0.2, 0.25) is 5.02 Å². The minimum atomic E-state index is -0.259. The number of hydrogen-bond donors (Lipinski definition) is 3. The Bertz CT molecular complexity index is 859. The van der Waals surface area contributed by atoms with Gasteiger partial charge in [-0.1, -0.05) is 17.7 Å². The number of benzene rings is 2. The van der Waals surface area contributed by atoms with E-state index in [4.69, 9.17) is 16.9 Å². The molecule has 0 spiro atoms. The second kappa shape index (κ2) is 8.18. The Hall–Kier alpha value is -3.04. The minimum absolute atomic E-state index is 0.0436. The molecule has 0 unspecified atom stereocenters. The van der Waals surface area contributed by atoms with Crippen molar-refractivity contribution in [3.05, 3.63) is 52.5 Å². The number of nitrogens with one attached hydrogen (secondary N) is 3. The molecule has 25 heavy (non-hydrogen) atoms. The Balaban J connectivity index is 1.99. The van der Waals surface area contributed by atoms with E-state index in [-0.39, 0.29) is 23.4 Å². The van der Waals surface area contributed by atoms with Gasteiger partial charge in [-0.25, -0.2) is 0 Å². The number of rotatable bonds is 5.